The molecular formula is C12H15NO2. The number of carbonyl (C=O) groups excluding carboxylic acids is 1. The number of nitrogens with one attached hydrogen (secondary N) is 1. The Balaban J connectivity index is 2.06. The van der Waals surface area contributed by atoms with Gasteiger partial charge in [0.2, 0.25) is 0 Å². The van der Waals surface area contributed by atoms with E-state index in [9.17, 15) is 4.79 Å². The van der Waals surface area contributed by atoms with E-state index in [1.807, 2.05) is 13.1 Å². The van der Waals surface area contributed by atoms with Gasteiger partial charge in [-0.2, -0.15) is 0 Å². The van der Waals surface area contributed by atoms with Crippen LogP contribution in [0.15, 0.2) is 23.9 Å². The molecule has 0 unspecified atom stereocenters. The summed E-state index contributed by atoms with van der Waals surface area (Å²) < 4.78 is 4.89. The Morgan fingerprint density at radius 1 is 1.60 bits per heavy atom. The van der Waals surface area contributed by atoms with Crippen molar-refractivity contribution in [1.82, 2.24) is 4.98 Å². The lowest BCUT2D eigenvalue weighted by Crippen LogP contribution is -2.07. The first-order chi connectivity index (χ1) is 7.29. The molecule has 1 heterocycles. The highest BCUT2D eigenvalue weighted by molar-refractivity contribution is 5.83. The van der Waals surface area contributed by atoms with Crippen molar-refractivity contribution in [3.05, 3.63) is 35.2 Å². The number of aromatic amines is 1. The molecule has 1 aliphatic rings. The van der Waals surface area contributed by atoms with Gasteiger partial charge in [0, 0.05) is 18.0 Å². The molecule has 2 rings (SSSR count). The molecular weight excluding hydrogens is 190 g/mol. The van der Waals surface area contributed by atoms with Crippen LogP contribution in [0.3, 0.4) is 0 Å². The average molecular weight is 205 g/mol. The number of ether oxygens (including phenoxy) is 1. The number of hydrogen-bond donors (Lipinski definition) is 1. The molecule has 0 saturated heterocycles. The smallest absolute Gasteiger partial charge is 0.330 e. The number of fused-ring (bicyclic) bond motifs is 1. The van der Waals surface area contributed by atoms with Gasteiger partial charge in [-0.25, -0.2) is 4.79 Å². The van der Waals surface area contributed by atoms with Crippen molar-refractivity contribution in [1.29, 1.82) is 0 Å². The molecule has 1 aliphatic carbocycles. The maximum atomic E-state index is 11.3. The third kappa shape index (κ3) is 2.29. The summed E-state index contributed by atoms with van der Waals surface area (Å²) in [6, 6.07) is 2.08. The quantitative estimate of drug-likeness (QED) is 0.592. The summed E-state index contributed by atoms with van der Waals surface area (Å²) in [4.78, 5) is 14.5. The lowest BCUT2D eigenvalue weighted by Gasteiger charge is -2.14. The van der Waals surface area contributed by atoms with E-state index in [1.165, 1.54) is 16.8 Å². The molecule has 1 aromatic heterocycles. The van der Waals surface area contributed by atoms with Crippen LogP contribution < -0.4 is 0 Å². The fourth-order valence-electron chi connectivity index (χ4n) is 1.93. The predicted molar refractivity (Wildman–Crippen MR) is 57.5 cm³/mol. The predicted octanol–water partition coefficient (Wildman–Crippen LogP) is 1.99. The molecule has 3 heteroatoms. The van der Waals surface area contributed by atoms with Gasteiger partial charge in [0.05, 0.1) is 6.61 Å². The summed E-state index contributed by atoms with van der Waals surface area (Å²) >= 11 is 0. The zero-order chi connectivity index (χ0) is 10.7. The van der Waals surface area contributed by atoms with E-state index in [1.54, 1.807) is 6.08 Å². The molecule has 0 radical (unpaired) electrons. The van der Waals surface area contributed by atoms with Crippen molar-refractivity contribution in [3.8, 4) is 0 Å². The minimum absolute atomic E-state index is 0.216. The third-order valence-electron chi connectivity index (χ3n) is 2.65. The Labute approximate surface area is 89.1 Å². The molecule has 0 fully saturated rings. The van der Waals surface area contributed by atoms with Crippen LogP contribution in [-0.4, -0.2) is 17.6 Å². The maximum Gasteiger partial charge on any atom is 0.330 e. The summed E-state index contributed by atoms with van der Waals surface area (Å²) in [6.07, 6.45) is 6.41. The zero-order valence-electron chi connectivity index (χ0n) is 8.88. The highest BCUT2D eigenvalue weighted by Gasteiger charge is 2.14. The molecule has 0 saturated carbocycles. The Morgan fingerprint density at radius 3 is 3.27 bits per heavy atom. The van der Waals surface area contributed by atoms with E-state index in [2.05, 4.69) is 11.1 Å². The van der Waals surface area contributed by atoms with E-state index in [0.717, 1.165) is 19.3 Å². The second-order valence-corrected chi connectivity index (χ2v) is 3.71. The molecule has 0 bridgehead atoms. The second kappa shape index (κ2) is 4.34. The monoisotopic (exact) mass is 205 g/mol. The van der Waals surface area contributed by atoms with Gasteiger partial charge >= 0.3 is 5.97 Å². The summed E-state index contributed by atoms with van der Waals surface area (Å²) in [6.45, 7) is 2.26. The van der Waals surface area contributed by atoms with E-state index in [-0.39, 0.29) is 5.97 Å². The number of allylic oxidation sites excluding steroid dienone is 1. The molecule has 15 heavy (non-hydrogen) atoms. The van der Waals surface area contributed by atoms with Gasteiger partial charge in [-0.05, 0) is 37.8 Å². The molecule has 80 valence electrons. The van der Waals surface area contributed by atoms with Crippen LogP contribution in [0.5, 0.6) is 0 Å². The van der Waals surface area contributed by atoms with Crippen molar-refractivity contribution >= 4 is 5.97 Å². The van der Waals surface area contributed by atoms with Crippen LogP contribution in [0.25, 0.3) is 0 Å². The fraction of sp³-hybridized carbons (Fsp3) is 0.417. The Kier molecular flexibility index (Phi) is 2.90. The normalized spacial score (nSPS) is 17.5. The molecule has 0 amide bonds. The number of carbonyl (C=O) groups is 1. The number of H-pyrrole nitrogens is 1. The van der Waals surface area contributed by atoms with Crippen LogP contribution in [-0.2, 0) is 22.4 Å². The van der Waals surface area contributed by atoms with Gasteiger partial charge < -0.3 is 9.72 Å². The zero-order valence-corrected chi connectivity index (χ0v) is 8.88. The summed E-state index contributed by atoms with van der Waals surface area (Å²) in [5, 5.41) is 0. The molecule has 3 nitrogen and oxygen atoms in total. The lowest BCUT2D eigenvalue weighted by molar-refractivity contribution is -0.137. The second-order valence-electron chi connectivity index (χ2n) is 3.71. The highest BCUT2D eigenvalue weighted by atomic mass is 16.5. The molecule has 0 aromatic carbocycles. The molecule has 0 atom stereocenters. The number of rotatable bonds is 2. The van der Waals surface area contributed by atoms with Crippen molar-refractivity contribution in [2.24, 2.45) is 0 Å². The van der Waals surface area contributed by atoms with Gasteiger partial charge in [0.1, 0.15) is 0 Å². The first-order valence-corrected chi connectivity index (χ1v) is 5.31. The van der Waals surface area contributed by atoms with Crippen molar-refractivity contribution in [2.45, 2.75) is 26.2 Å². The standard InChI is InChI=1S/C12H15NO2/c1-2-15-12(14)8-9-3-4-11-10(7-9)5-6-13-11/h5-6,8,13H,2-4,7H2,1H3/b9-8+. The fourth-order valence-corrected chi connectivity index (χ4v) is 1.93. The summed E-state index contributed by atoms with van der Waals surface area (Å²) in [7, 11) is 0. The molecule has 0 spiro atoms. The van der Waals surface area contributed by atoms with Crippen molar-refractivity contribution in [2.75, 3.05) is 6.61 Å². The van der Waals surface area contributed by atoms with Crippen LogP contribution in [0, 0.1) is 0 Å². The van der Waals surface area contributed by atoms with E-state index >= 15 is 0 Å². The van der Waals surface area contributed by atoms with E-state index in [4.69, 9.17) is 4.74 Å². The maximum absolute atomic E-state index is 11.3. The first-order valence-electron chi connectivity index (χ1n) is 5.31. The van der Waals surface area contributed by atoms with Crippen LogP contribution in [0.1, 0.15) is 24.6 Å². The summed E-state index contributed by atoms with van der Waals surface area (Å²) in [5.41, 5.74) is 3.77. The van der Waals surface area contributed by atoms with Crippen LogP contribution >= 0.6 is 0 Å². The number of aryl methyl sites for hydroxylation is 1. The Bertz CT molecular complexity index is 390. The van der Waals surface area contributed by atoms with Crippen molar-refractivity contribution < 1.29 is 9.53 Å². The van der Waals surface area contributed by atoms with Crippen LogP contribution in [0.4, 0.5) is 0 Å². The lowest BCUT2D eigenvalue weighted by atomic mass is 9.93. The molecule has 0 aliphatic heterocycles. The number of aromatic nitrogens is 1. The minimum atomic E-state index is -0.216. The summed E-state index contributed by atoms with van der Waals surface area (Å²) in [5.74, 6) is -0.216. The minimum Gasteiger partial charge on any atom is -0.463 e. The SMILES string of the molecule is CCOC(=O)/C=C1\CCc2[nH]ccc2C1. The number of esters is 1. The average Bonchev–Trinajstić information content (AvgIpc) is 2.65. The first kappa shape index (κ1) is 10.0. The van der Waals surface area contributed by atoms with E-state index in [0.29, 0.717) is 6.61 Å². The molecule has 1 aromatic rings. The van der Waals surface area contributed by atoms with Gasteiger partial charge in [-0.15, -0.1) is 0 Å². The van der Waals surface area contributed by atoms with E-state index < -0.39 is 0 Å². The van der Waals surface area contributed by atoms with Crippen LogP contribution in [0.2, 0.25) is 0 Å². The van der Waals surface area contributed by atoms with Gasteiger partial charge in [-0.3, -0.25) is 0 Å². The largest absolute Gasteiger partial charge is 0.463 e. The Morgan fingerprint density at radius 2 is 2.47 bits per heavy atom. The Hall–Kier alpha value is -1.51. The van der Waals surface area contributed by atoms with Crippen molar-refractivity contribution in [3.63, 3.8) is 0 Å². The van der Waals surface area contributed by atoms with Gasteiger partial charge in [0.25, 0.3) is 0 Å². The topological polar surface area (TPSA) is 42.1 Å². The van der Waals surface area contributed by atoms with Gasteiger partial charge in [-0.1, -0.05) is 5.57 Å². The van der Waals surface area contributed by atoms with Gasteiger partial charge in [0.15, 0.2) is 0 Å². The molecule has 1 N–H and O–H groups in total. The third-order valence-corrected chi connectivity index (χ3v) is 2.65. The highest BCUT2D eigenvalue weighted by Crippen LogP contribution is 2.23. The number of hydrogen-bond acceptors (Lipinski definition) is 2.